The van der Waals surface area contributed by atoms with Crippen LogP contribution in [0.5, 0.6) is 0 Å². The molecule has 1 fully saturated rings. The molecule has 0 unspecified atom stereocenters. The quantitative estimate of drug-likeness (QED) is 0.654. The second kappa shape index (κ2) is 6.93. The summed E-state index contributed by atoms with van der Waals surface area (Å²) in [6.45, 7) is 1.32. The number of anilines is 1. The molecule has 1 aliphatic rings. The molecule has 0 heterocycles. The number of carboxylic acid groups (broad SMARTS) is 1. The van der Waals surface area contributed by atoms with Crippen LogP contribution in [0.3, 0.4) is 0 Å². The monoisotopic (exact) mass is 433 g/mol. The Kier molecular flexibility index (Phi) is 5.10. The van der Waals surface area contributed by atoms with Crippen molar-refractivity contribution in [3.63, 3.8) is 0 Å². The van der Waals surface area contributed by atoms with Gasteiger partial charge in [0.05, 0.1) is 16.5 Å². The van der Waals surface area contributed by atoms with Crippen LogP contribution in [-0.2, 0) is 4.79 Å². The molecule has 1 amide bonds. The molecule has 0 spiro atoms. The Labute approximate surface area is 168 Å². The summed E-state index contributed by atoms with van der Waals surface area (Å²) in [7, 11) is 0. The van der Waals surface area contributed by atoms with E-state index >= 15 is 0 Å². The molecule has 0 aliphatic heterocycles. The minimum atomic E-state index is -1.45. The molecule has 4 nitrogen and oxygen atoms in total. The summed E-state index contributed by atoms with van der Waals surface area (Å²) in [5, 5.41) is 11.4. The van der Waals surface area contributed by atoms with E-state index < -0.39 is 39.7 Å². The number of alkyl halides is 2. The minimum Gasteiger partial charge on any atom is -0.478 e. The van der Waals surface area contributed by atoms with E-state index in [1.165, 1.54) is 19.1 Å². The highest BCUT2D eigenvalue weighted by Gasteiger charge is 2.67. The maximum Gasteiger partial charge on any atom is 0.336 e. The molecule has 1 saturated carbocycles. The minimum absolute atomic E-state index is 0.0348. The zero-order valence-corrected chi connectivity index (χ0v) is 16.0. The third kappa shape index (κ3) is 3.61. The predicted molar refractivity (Wildman–Crippen MR) is 98.8 cm³/mol. The third-order valence-electron chi connectivity index (χ3n) is 4.48. The van der Waals surface area contributed by atoms with Gasteiger partial charge in [-0.05, 0) is 42.3 Å². The van der Waals surface area contributed by atoms with Gasteiger partial charge in [0.15, 0.2) is 0 Å². The van der Waals surface area contributed by atoms with E-state index in [1.807, 2.05) is 0 Å². The molecule has 2 aromatic carbocycles. The van der Waals surface area contributed by atoms with Crippen LogP contribution in [-0.4, -0.2) is 21.3 Å². The number of hydrogen-bond acceptors (Lipinski definition) is 2. The summed E-state index contributed by atoms with van der Waals surface area (Å²) in [6, 6.07) is 6.06. The molecule has 2 N–H and O–H groups in total. The average molecular weight is 435 g/mol. The number of amides is 1. The Hall–Kier alpha value is -1.89. The fourth-order valence-electron chi connectivity index (χ4n) is 2.97. The molecule has 0 bridgehead atoms. The molecular weight excluding hydrogens is 423 g/mol. The van der Waals surface area contributed by atoms with E-state index in [0.29, 0.717) is 5.56 Å². The van der Waals surface area contributed by atoms with Crippen LogP contribution in [0.15, 0.2) is 30.3 Å². The molecule has 0 radical (unpaired) electrons. The van der Waals surface area contributed by atoms with Crippen LogP contribution in [0.25, 0.3) is 0 Å². The molecule has 0 saturated heterocycles. The molecule has 9 heteroatoms. The molecule has 0 aromatic heterocycles. The van der Waals surface area contributed by atoms with E-state index in [2.05, 4.69) is 5.32 Å². The Morgan fingerprint density at radius 2 is 1.81 bits per heavy atom. The lowest BCUT2D eigenvalue weighted by Gasteiger charge is -2.09. The molecule has 3 rings (SSSR count). The Morgan fingerprint density at radius 1 is 1.15 bits per heavy atom. The predicted octanol–water partition coefficient (Wildman–Crippen LogP) is 5.15. The normalized spacial score (nSPS) is 20.2. The van der Waals surface area contributed by atoms with Crippen molar-refractivity contribution in [2.45, 2.75) is 17.2 Å². The molecule has 2 atom stereocenters. The van der Waals surface area contributed by atoms with E-state index in [1.54, 1.807) is 0 Å². The summed E-state index contributed by atoms with van der Waals surface area (Å²) in [6.07, 6.45) is 0. The summed E-state index contributed by atoms with van der Waals surface area (Å²) in [5.74, 6) is -4.88. The number of carbonyl (C=O) groups excluding carboxylic acids is 1. The second-order valence-electron chi connectivity index (χ2n) is 6.23. The number of carbonyl (C=O) groups is 2. The van der Waals surface area contributed by atoms with Gasteiger partial charge in [0.25, 0.3) is 0 Å². The van der Waals surface area contributed by atoms with Crippen LogP contribution in [0, 0.1) is 24.5 Å². The lowest BCUT2D eigenvalue weighted by Crippen LogP contribution is -2.18. The fourth-order valence-corrected chi connectivity index (χ4v) is 3.98. The van der Waals surface area contributed by atoms with Crippen LogP contribution in [0.2, 0.25) is 5.02 Å². The van der Waals surface area contributed by atoms with Crippen molar-refractivity contribution in [3.05, 3.63) is 63.7 Å². The third-order valence-corrected chi connectivity index (χ3v) is 5.71. The van der Waals surface area contributed by atoms with Gasteiger partial charge in [-0.15, -0.1) is 23.2 Å². The van der Waals surface area contributed by atoms with Gasteiger partial charge in [-0.1, -0.05) is 17.7 Å². The number of aromatic carboxylic acids is 1. The first kappa shape index (κ1) is 19.9. The van der Waals surface area contributed by atoms with Crippen molar-refractivity contribution in [1.29, 1.82) is 0 Å². The average Bonchev–Trinajstić information content (AvgIpc) is 3.15. The van der Waals surface area contributed by atoms with E-state index in [-0.39, 0.29) is 21.8 Å². The molecule has 2 aromatic rings. The fraction of sp³-hybridized carbons (Fsp3) is 0.222. The Bertz CT molecular complexity index is 965. The van der Waals surface area contributed by atoms with Crippen LogP contribution in [0.4, 0.5) is 14.5 Å². The van der Waals surface area contributed by atoms with Crippen molar-refractivity contribution >= 4 is 52.4 Å². The first-order valence-electron chi connectivity index (χ1n) is 7.71. The zero-order valence-electron chi connectivity index (χ0n) is 13.7. The van der Waals surface area contributed by atoms with Crippen molar-refractivity contribution in [2.24, 2.45) is 5.92 Å². The van der Waals surface area contributed by atoms with Crippen molar-refractivity contribution in [1.82, 2.24) is 0 Å². The highest BCUT2D eigenvalue weighted by Crippen LogP contribution is 2.65. The van der Waals surface area contributed by atoms with Crippen LogP contribution < -0.4 is 5.32 Å². The smallest absolute Gasteiger partial charge is 0.336 e. The van der Waals surface area contributed by atoms with Gasteiger partial charge in [-0.25, -0.2) is 13.6 Å². The van der Waals surface area contributed by atoms with Crippen LogP contribution in [0.1, 0.15) is 27.4 Å². The van der Waals surface area contributed by atoms with Crippen molar-refractivity contribution in [2.75, 3.05) is 5.32 Å². The standard InChI is InChI=1S/C18H12Cl3F2NO3/c1-7-10(17(26)27)5-9(6-13(7)23)24-16(25)15-14(18(15,20)21)8-2-3-12(22)11(19)4-8/h2-6,14-15H,1H3,(H,24,25)(H,26,27)/t14-,15+/m0/s1. The summed E-state index contributed by atoms with van der Waals surface area (Å²) >= 11 is 18.2. The van der Waals surface area contributed by atoms with E-state index in [9.17, 15) is 18.4 Å². The van der Waals surface area contributed by atoms with Gasteiger partial charge in [0, 0.05) is 11.6 Å². The summed E-state index contributed by atoms with van der Waals surface area (Å²) < 4.78 is 25.8. The highest BCUT2D eigenvalue weighted by molar-refractivity contribution is 6.53. The zero-order chi connectivity index (χ0) is 20.1. The summed E-state index contributed by atoms with van der Waals surface area (Å²) in [4.78, 5) is 23.7. The number of benzene rings is 2. The highest BCUT2D eigenvalue weighted by atomic mass is 35.5. The van der Waals surface area contributed by atoms with Crippen LogP contribution >= 0.6 is 34.8 Å². The molecule has 142 valence electrons. The van der Waals surface area contributed by atoms with Gasteiger partial charge < -0.3 is 10.4 Å². The SMILES string of the molecule is Cc1c(F)cc(NC(=O)[C@H]2[C@H](c3ccc(F)c(Cl)c3)C2(Cl)Cl)cc1C(=O)O. The van der Waals surface area contributed by atoms with Crippen molar-refractivity contribution in [3.8, 4) is 0 Å². The molecular formula is C18H12Cl3F2NO3. The first-order valence-corrected chi connectivity index (χ1v) is 8.84. The number of halogens is 5. The number of carboxylic acids is 1. The Balaban J connectivity index is 1.84. The van der Waals surface area contributed by atoms with Gasteiger partial charge >= 0.3 is 5.97 Å². The summed E-state index contributed by atoms with van der Waals surface area (Å²) in [5.41, 5.74) is 0.126. The largest absolute Gasteiger partial charge is 0.478 e. The number of hydrogen-bond donors (Lipinski definition) is 2. The first-order chi connectivity index (χ1) is 12.5. The second-order valence-corrected chi connectivity index (χ2v) is 8.08. The number of rotatable bonds is 4. The number of nitrogens with one attached hydrogen (secondary N) is 1. The van der Waals surface area contributed by atoms with Gasteiger partial charge in [-0.2, -0.15) is 0 Å². The van der Waals surface area contributed by atoms with Crippen molar-refractivity contribution < 1.29 is 23.5 Å². The maximum atomic E-state index is 13.9. The van der Waals surface area contributed by atoms with E-state index in [4.69, 9.17) is 39.9 Å². The van der Waals surface area contributed by atoms with Gasteiger partial charge in [0.2, 0.25) is 5.91 Å². The maximum absolute atomic E-state index is 13.9. The Morgan fingerprint density at radius 3 is 2.41 bits per heavy atom. The molecule has 1 aliphatic carbocycles. The molecule has 27 heavy (non-hydrogen) atoms. The topological polar surface area (TPSA) is 66.4 Å². The lowest BCUT2D eigenvalue weighted by molar-refractivity contribution is -0.117. The van der Waals surface area contributed by atoms with Gasteiger partial charge in [0.1, 0.15) is 16.0 Å². The van der Waals surface area contributed by atoms with Gasteiger partial charge in [-0.3, -0.25) is 4.79 Å². The lowest BCUT2D eigenvalue weighted by atomic mass is 10.1. The van der Waals surface area contributed by atoms with E-state index in [0.717, 1.165) is 18.2 Å².